The highest BCUT2D eigenvalue weighted by atomic mass is 35.5. The molecule has 3 nitrogen and oxygen atoms in total. The molecule has 14 heavy (non-hydrogen) atoms. The molecular formula is C9H9Cl2N3. The van der Waals surface area contributed by atoms with Gasteiger partial charge in [-0.15, -0.1) is 12.4 Å². The van der Waals surface area contributed by atoms with Crippen LogP contribution >= 0.6 is 24.0 Å². The summed E-state index contributed by atoms with van der Waals surface area (Å²) in [6.07, 6.45) is 3.20. The maximum atomic E-state index is 5.84. The van der Waals surface area contributed by atoms with Gasteiger partial charge in [0.25, 0.3) is 0 Å². The SMILES string of the molecule is Cl.Clc1cccc(Cn2cncn2)c1. The topological polar surface area (TPSA) is 30.7 Å². The molecule has 0 bridgehead atoms. The van der Waals surface area contributed by atoms with Crippen molar-refractivity contribution in [1.82, 2.24) is 14.8 Å². The van der Waals surface area contributed by atoms with Crippen LogP contribution in [0.2, 0.25) is 5.02 Å². The number of hydrogen-bond acceptors (Lipinski definition) is 2. The van der Waals surface area contributed by atoms with Crippen molar-refractivity contribution in [3.05, 3.63) is 47.5 Å². The number of aromatic nitrogens is 3. The summed E-state index contributed by atoms with van der Waals surface area (Å²) < 4.78 is 1.76. The van der Waals surface area contributed by atoms with Crippen molar-refractivity contribution in [1.29, 1.82) is 0 Å². The highest BCUT2D eigenvalue weighted by Crippen LogP contribution is 2.11. The van der Waals surface area contributed by atoms with Crippen LogP contribution in [0.25, 0.3) is 0 Å². The monoisotopic (exact) mass is 229 g/mol. The van der Waals surface area contributed by atoms with Crippen LogP contribution in [0.5, 0.6) is 0 Å². The van der Waals surface area contributed by atoms with E-state index in [1.807, 2.05) is 24.3 Å². The molecule has 1 aromatic carbocycles. The standard InChI is InChI=1S/C9H8ClN3.ClH/c10-9-3-1-2-8(4-9)5-13-7-11-6-12-13;/h1-4,6-7H,5H2;1H. The Kier molecular flexibility index (Phi) is 3.92. The minimum Gasteiger partial charge on any atom is -0.249 e. The Labute approximate surface area is 93.1 Å². The zero-order valence-electron chi connectivity index (χ0n) is 7.30. The predicted molar refractivity (Wildman–Crippen MR) is 57.8 cm³/mol. The number of rotatable bonds is 2. The average Bonchev–Trinajstić information content (AvgIpc) is 2.57. The lowest BCUT2D eigenvalue weighted by atomic mass is 10.2. The first-order valence-electron chi connectivity index (χ1n) is 3.91. The lowest BCUT2D eigenvalue weighted by Crippen LogP contribution is -1.99. The maximum absolute atomic E-state index is 5.84. The molecule has 0 N–H and O–H groups in total. The van der Waals surface area contributed by atoms with Crippen molar-refractivity contribution in [3.63, 3.8) is 0 Å². The molecule has 0 amide bonds. The fourth-order valence-electron chi connectivity index (χ4n) is 1.14. The fraction of sp³-hybridized carbons (Fsp3) is 0.111. The maximum Gasteiger partial charge on any atom is 0.137 e. The van der Waals surface area contributed by atoms with Gasteiger partial charge >= 0.3 is 0 Å². The van der Waals surface area contributed by atoms with E-state index in [1.165, 1.54) is 6.33 Å². The summed E-state index contributed by atoms with van der Waals surface area (Å²) in [6.45, 7) is 0.709. The minimum atomic E-state index is 0. The van der Waals surface area contributed by atoms with E-state index in [1.54, 1.807) is 11.0 Å². The second-order valence-electron chi connectivity index (χ2n) is 2.72. The molecule has 0 unspecified atom stereocenters. The normalized spacial score (nSPS) is 9.50. The Balaban J connectivity index is 0.000000980. The molecular weight excluding hydrogens is 221 g/mol. The van der Waals surface area contributed by atoms with E-state index < -0.39 is 0 Å². The number of benzene rings is 1. The van der Waals surface area contributed by atoms with E-state index in [-0.39, 0.29) is 12.4 Å². The summed E-state index contributed by atoms with van der Waals surface area (Å²) in [5.74, 6) is 0. The Bertz CT molecular complexity index is 387. The fourth-order valence-corrected chi connectivity index (χ4v) is 1.35. The van der Waals surface area contributed by atoms with Gasteiger partial charge in [0.05, 0.1) is 6.54 Å². The Morgan fingerprint density at radius 1 is 1.36 bits per heavy atom. The molecule has 0 aliphatic carbocycles. The molecule has 0 aliphatic heterocycles. The third kappa shape index (κ3) is 2.72. The minimum absolute atomic E-state index is 0. The Morgan fingerprint density at radius 2 is 2.21 bits per heavy atom. The first-order valence-corrected chi connectivity index (χ1v) is 4.29. The van der Waals surface area contributed by atoms with Gasteiger partial charge in [0, 0.05) is 5.02 Å². The van der Waals surface area contributed by atoms with Crippen LogP contribution in [-0.2, 0) is 6.54 Å². The average molecular weight is 230 g/mol. The van der Waals surface area contributed by atoms with Gasteiger partial charge in [-0.1, -0.05) is 23.7 Å². The molecule has 1 aromatic heterocycles. The molecule has 0 saturated carbocycles. The summed E-state index contributed by atoms with van der Waals surface area (Å²) in [5.41, 5.74) is 1.12. The van der Waals surface area contributed by atoms with E-state index in [0.29, 0.717) is 6.54 Å². The van der Waals surface area contributed by atoms with Gasteiger partial charge in [-0.25, -0.2) is 9.67 Å². The summed E-state index contributed by atoms with van der Waals surface area (Å²) in [4.78, 5) is 3.86. The van der Waals surface area contributed by atoms with Crippen LogP contribution in [0.1, 0.15) is 5.56 Å². The zero-order chi connectivity index (χ0) is 9.10. The lowest BCUT2D eigenvalue weighted by molar-refractivity contribution is 0.685. The molecule has 0 radical (unpaired) electrons. The third-order valence-electron chi connectivity index (χ3n) is 1.70. The van der Waals surface area contributed by atoms with Crippen molar-refractivity contribution in [3.8, 4) is 0 Å². The summed E-state index contributed by atoms with van der Waals surface area (Å²) in [6, 6.07) is 7.71. The molecule has 0 aliphatic rings. The first kappa shape index (κ1) is 11.0. The first-order chi connectivity index (χ1) is 6.34. The lowest BCUT2D eigenvalue weighted by Gasteiger charge is -2.00. The summed E-state index contributed by atoms with van der Waals surface area (Å²) in [7, 11) is 0. The second kappa shape index (κ2) is 4.98. The molecule has 0 fully saturated rings. The predicted octanol–water partition coefficient (Wildman–Crippen LogP) is 2.40. The van der Waals surface area contributed by atoms with E-state index in [2.05, 4.69) is 10.1 Å². The van der Waals surface area contributed by atoms with Crippen LogP contribution in [0.3, 0.4) is 0 Å². The van der Waals surface area contributed by atoms with E-state index in [9.17, 15) is 0 Å². The highest BCUT2D eigenvalue weighted by Gasteiger charge is 1.95. The Hall–Kier alpha value is -1.06. The molecule has 0 spiro atoms. The molecule has 5 heteroatoms. The van der Waals surface area contributed by atoms with Crippen molar-refractivity contribution in [2.45, 2.75) is 6.54 Å². The van der Waals surface area contributed by atoms with Gasteiger partial charge < -0.3 is 0 Å². The third-order valence-corrected chi connectivity index (χ3v) is 1.94. The molecule has 2 rings (SSSR count). The van der Waals surface area contributed by atoms with Crippen LogP contribution in [0.4, 0.5) is 0 Å². The molecule has 0 atom stereocenters. The van der Waals surface area contributed by atoms with Gasteiger partial charge in [0.2, 0.25) is 0 Å². The van der Waals surface area contributed by atoms with E-state index >= 15 is 0 Å². The van der Waals surface area contributed by atoms with Crippen molar-refractivity contribution in [2.24, 2.45) is 0 Å². The van der Waals surface area contributed by atoms with Gasteiger partial charge in [-0.3, -0.25) is 0 Å². The van der Waals surface area contributed by atoms with Crippen molar-refractivity contribution in [2.75, 3.05) is 0 Å². The van der Waals surface area contributed by atoms with Crippen LogP contribution in [0, 0.1) is 0 Å². The molecule has 0 saturated heterocycles. The highest BCUT2D eigenvalue weighted by molar-refractivity contribution is 6.30. The Morgan fingerprint density at radius 3 is 2.86 bits per heavy atom. The van der Waals surface area contributed by atoms with Crippen molar-refractivity contribution >= 4 is 24.0 Å². The molecule has 2 aromatic rings. The smallest absolute Gasteiger partial charge is 0.137 e. The van der Waals surface area contributed by atoms with Crippen molar-refractivity contribution < 1.29 is 0 Å². The quantitative estimate of drug-likeness (QED) is 0.793. The summed E-state index contributed by atoms with van der Waals surface area (Å²) in [5, 5.41) is 4.75. The largest absolute Gasteiger partial charge is 0.249 e. The second-order valence-corrected chi connectivity index (χ2v) is 3.16. The van der Waals surface area contributed by atoms with Gasteiger partial charge in [-0.2, -0.15) is 5.10 Å². The van der Waals surface area contributed by atoms with Gasteiger partial charge in [-0.05, 0) is 17.7 Å². The van der Waals surface area contributed by atoms with Crippen LogP contribution in [0.15, 0.2) is 36.9 Å². The van der Waals surface area contributed by atoms with E-state index in [4.69, 9.17) is 11.6 Å². The molecule has 1 heterocycles. The number of halogens is 2. The van der Waals surface area contributed by atoms with Gasteiger partial charge in [0.1, 0.15) is 12.7 Å². The number of nitrogens with zero attached hydrogens (tertiary/aromatic N) is 3. The van der Waals surface area contributed by atoms with Crippen LogP contribution in [-0.4, -0.2) is 14.8 Å². The zero-order valence-corrected chi connectivity index (χ0v) is 8.87. The number of hydrogen-bond donors (Lipinski definition) is 0. The van der Waals surface area contributed by atoms with Crippen LogP contribution < -0.4 is 0 Å². The van der Waals surface area contributed by atoms with Gasteiger partial charge in [0.15, 0.2) is 0 Å². The summed E-state index contributed by atoms with van der Waals surface area (Å²) >= 11 is 5.84. The molecule has 74 valence electrons. The van der Waals surface area contributed by atoms with E-state index in [0.717, 1.165) is 10.6 Å².